The first-order valence-corrected chi connectivity index (χ1v) is 7.97. The topological polar surface area (TPSA) is 93.5 Å². The number of hydrogen-bond donors (Lipinski definition) is 2. The third-order valence-corrected chi connectivity index (χ3v) is 3.67. The predicted molar refractivity (Wildman–Crippen MR) is 88.8 cm³/mol. The summed E-state index contributed by atoms with van der Waals surface area (Å²) in [6, 6.07) is 8.65. The number of ether oxygens (including phenoxy) is 1. The molecule has 1 heterocycles. The Morgan fingerprint density at radius 2 is 1.83 bits per heavy atom. The van der Waals surface area contributed by atoms with Crippen molar-refractivity contribution in [2.75, 3.05) is 29.2 Å². The molecule has 0 atom stereocenters. The van der Waals surface area contributed by atoms with E-state index in [1.807, 2.05) is 0 Å². The zero-order valence-electron chi connectivity index (χ0n) is 12.8. The lowest BCUT2D eigenvalue weighted by molar-refractivity contribution is -0.114. The highest BCUT2D eigenvalue weighted by molar-refractivity contribution is 8.00. The van der Waals surface area contributed by atoms with E-state index in [1.165, 1.54) is 11.8 Å². The molecule has 2 rings (SSSR count). The first-order valence-electron chi connectivity index (χ1n) is 6.81. The molecule has 0 fully saturated rings. The van der Waals surface area contributed by atoms with Crippen molar-refractivity contribution in [3.63, 3.8) is 0 Å². The van der Waals surface area contributed by atoms with Crippen LogP contribution in [0.5, 0.6) is 5.75 Å². The van der Waals surface area contributed by atoms with Gasteiger partial charge in [0, 0.05) is 11.8 Å². The minimum absolute atomic E-state index is 0.155. The van der Waals surface area contributed by atoms with E-state index in [9.17, 15) is 9.59 Å². The van der Waals surface area contributed by atoms with Gasteiger partial charge in [-0.3, -0.25) is 9.59 Å². The Labute approximate surface area is 137 Å². The van der Waals surface area contributed by atoms with Gasteiger partial charge in [0.25, 0.3) is 0 Å². The Balaban J connectivity index is 1.68. The summed E-state index contributed by atoms with van der Waals surface area (Å²) in [5.74, 6) is 1.63. The molecular weight excluding hydrogens is 318 g/mol. The van der Waals surface area contributed by atoms with Gasteiger partial charge in [0.05, 0.1) is 18.6 Å². The minimum atomic E-state index is -0.236. The number of anilines is 2. The number of benzene rings is 1. The zero-order chi connectivity index (χ0) is 16.7. The van der Waals surface area contributed by atoms with Crippen LogP contribution in [0.25, 0.3) is 0 Å². The van der Waals surface area contributed by atoms with Crippen LogP contribution in [-0.2, 0) is 9.59 Å². The summed E-state index contributed by atoms with van der Waals surface area (Å²) < 4.78 is 9.89. The maximum atomic E-state index is 11.8. The molecule has 0 spiro atoms. The van der Waals surface area contributed by atoms with Gasteiger partial charge < -0.3 is 19.9 Å². The number of aryl methyl sites for hydroxylation is 1. The molecule has 23 heavy (non-hydrogen) atoms. The van der Waals surface area contributed by atoms with E-state index in [4.69, 9.17) is 9.26 Å². The van der Waals surface area contributed by atoms with Crippen LogP contribution in [0.4, 0.5) is 11.5 Å². The molecule has 2 amide bonds. The van der Waals surface area contributed by atoms with Crippen LogP contribution in [0.2, 0.25) is 0 Å². The van der Waals surface area contributed by atoms with Crippen LogP contribution in [0.3, 0.4) is 0 Å². The van der Waals surface area contributed by atoms with Crippen molar-refractivity contribution >= 4 is 35.1 Å². The average Bonchev–Trinajstić information content (AvgIpc) is 2.93. The van der Waals surface area contributed by atoms with Crippen LogP contribution in [0.15, 0.2) is 34.9 Å². The number of amides is 2. The van der Waals surface area contributed by atoms with Crippen LogP contribution >= 0.6 is 11.8 Å². The second-order valence-electron chi connectivity index (χ2n) is 4.64. The van der Waals surface area contributed by atoms with Crippen LogP contribution in [0, 0.1) is 6.92 Å². The highest BCUT2D eigenvalue weighted by Gasteiger charge is 2.08. The van der Waals surface area contributed by atoms with Gasteiger partial charge in [-0.25, -0.2) is 0 Å². The summed E-state index contributed by atoms with van der Waals surface area (Å²) in [7, 11) is 1.58. The molecule has 0 saturated carbocycles. The molecule has 0 unspecified atom stereocenters. The van der Waals surface area contributed by atoms with Crippen LogP contribution in [0.1, 0.15) is 5.76 Å². The smallest absolute Gasteiger partial charge is 0.235 e. The fraction of sp³-hybridized carbons (Fsp3) is 0.267. The molecule has 0 aliphatic rings. The Kier molecular flexibility index (Phi) is 6.04. The number of aromatic nitrogens is 1. The molecule has 1 aromatic carbocycles. The SMILES string of the molecule is COc1ccc(NC(=O)CSCC(=O)Nc2cc(C)on2)cc1. The van der Waals surface area contributed by atoms with Crippen molar-refractivity contribution in [3.8, 4) is 5.75 Å². The Morgan fingerprint density at radius 3 is 2.39 bits per heavy atom. The summed E-state index contributed by atoms with van der Waals surface area (Å²) in [4.78, 5) is 23.5. The van der Waals surface area contributed by atoms with Crippen LogP contribution < -0.4 is 15.4 Å². The Hall–Kier alpha value is -2.48. The monoisotopic (exact) mass is 335 g/mol. The number of rotatable bonds is 7. The summed E-state index contributed by atoms with van der Waals surface area (Å²) in [6.07, 6.45) is 0. The quantitative estimate of drug-likeness (QED) is 0.806. The summed E-state index contributed by atoms with van der Waals surface area (Å²) in [6.45, 7) is 1.74. The van der Waals surface area contributed by atoms with Gasteiger partial charge in [-0.15, -0.1) is 11.8 Å². The molecule has 0 saturated heterocycles. The Morgan fingerprint density at radius 1 is 1.17 bits per heavy atom. The molecule has 1 aromatic heterocycles. The highest BCUT2D eigenvalue weighted by Crippen LogP contribution is 2.15. The predicted octanol–water partition coefficient (Wildman–Crippen LogP) is 2.30. The van der Waals surface area contributed by atoms with Gasteiger partial charge in [0.2, 0.25) is 11.8 Å². The lowest BCUT2D eigenvalue weighted by Gasteiger charge is -2.06. The highest BCUT2D eigenvalue weighted by atomic mass is 32.2. The number of hydrogen-bond acceptors (Lipinski definition) is 6. The number of carbonyl (C=O) groups excluding carboxylic acids is 2. The van der Waals surface area contributed by atoms with Gasteiger partial charge in [-0.2, -0.15) is 0 Å². The molecular formula is C15H17N3O4S. The third kappa shape index (κ3) is 5.67. The van der Waals surface area contributed by atoms with E-state index in [0.29, 0.717) is 17.3 Å². The zero-order valence-corrected chi connectivity index (χ0v) is 13.6. The largest absolute Gasteiger partial charge is 0.497 e. The summed E-state index contributed by atoms with van der Waals surface area (Å²) in [5, 5.41) is 9.00. The van der Waals surface area contributed by atoms with Crippen molar-refractivity contribution in [1.82, 2.24) is 5.16 Å². The minimum Gasteiger partial charge on any atom is -0.497 e. The van der Waals surface area contributed by atoms with Crippen molar-refractivity contribution < 1.29 is 18.8 Å². The average molecular weight is 335 g/mol. The molecule has 122 valence electrons. The number of carbonyl (C=O) groups is 2. The number of nitrogens with one attached hydrogen (secondary N) is 2. The van der Waals surface area contributed by atoms with E-state index in [1.54, 1.807) is 44.4 Å². The lowest BCUT2D eigenvalue weighted by Crippen LogP contribution is -2.18. The second kappa shape index (κ2) is 8.23. The molecule has 2 N–H and O–H groups in total. The third-order valence-electron chi connectivity index (χ3n) is 2.74. The standard InChI is InChI=1S/C15H17N3O4S/c1-10-7-13(18-22-10)17-15(20)9-23-8-14(19)16-11-3-5-12(21-2)6-4-11/h3-7H,8-9H2,1-2H3,(H,16,19)(H,17,18,20). The van der Waals surface area contributed by atoms with E-state index in [-0.39, 0.29) is 23.3 Å². The summed E-state index contributed by atoms with van der Waals surface area (Å²) >= 11 is 1.22. The molecule has 7 nitrogen and oxygen atoms in total. The Bertz CT molecular complexity index is 670. The van der Waals surface area contributed by atoms with E-state index in [0.717, 1.165) is 5.75 Å². The number of methoxy groups -OCH3 is 1. The van der Waals surface area contributed by atoms with Crippen molar-refractivity contribution in [2.45, 2.75) is 6.92 Å². The normalized spacial score (nSPS) is 10.2. The number of nitrogens with zero attached hydrogens (tertiary/aromatic N) is 1. The lowest BCUT2D eigenvalue weighted by atomic mass is 10.3. The molecule has 0 aliphatic carbocycles. The van der Waals surface area contributed by atoms with E-state index < -0.39 is 0 Å². The van der Waals surface area contributed by atoms with Crippen molar-refractivity contribution in [2.24, 2.45) is 0 Å². The van der Waals surface area contributed by atoms with E-state index >= 15 is 0 Å². The maximum Gasteiger partial charge on any atom is 0.235 e. The van der Waals surface area contributed by atoms with Gasteiger partial charge in [0.15, 0.2) is 5.82 Å². The van der Waals surface area contributed by atoms with Gasteiger partial charge in [-0.1, -0.05) is 5.16 Å². The van der Waals surface area contributed by atoms with Gasteiger partial charge >= 0.3 is 0 Å². The molecule has 2 aromatic rings. The van der Waals surface area contributed by atoms with Gasteiger partial charge in [-0.05, 0) is 31.2 Å². The molecule has 8 heteroatoms. The van der Waals surface area contributed by atoms with Crippen molar-refractivity contribution in [1.29, 1.82) is 0 Å². The molecule has 0 bridgehead atoms. The molecule has 0 radical (unpaired) electrons. The fourth-order valence-corrected chi connectivity index (χ4v) is 2.33. The van der Waals surface area contributed by atoms with Crippen molar-refractivity contribution in [3.05, 3.63) is 36.1 Å². The summed E-state index contributed by atoms with van der Waals surface area (Å²) in [5.41, 5.74) is 0.680. The van der Waals surface area contributed by atoms with E-state index in [2.05, 4.69) is 15.8 Å². The second-order valence-corrected chi connectivity index (χ2v) is 5.63. The van der Waals surface area contributed by atoms with Crippen LogP contribution in [-0.4, -0.2) is 35.6 Å². The maximum absolute atomic E-state index is 11.8. The fourth-order valence-electron chi connectivity index (χ4n) is 1.71. The first-order chi connectivity index (χ1) is 11.1. The first kappa shape index (κ1) is 16.9. The van der Waals surface area contributed by atoms with Gasteiger partial charge in [0.1, 0.15) is 11.5 Å². The molecule has 0 aliphatic heterocycles. The number of thioether (sulfide) groups is 1.